The van der Waals surface area contributed by atoms with Crippen molar-refractivity contribution < 1.29 is 4.79 Å². The minimum atomic E-state index is -0.117. The average Bonchev–Trinajstić information content (AvgIpc) is 3.03. The molecule has 3 aromatic rings. The molecule has 0 bridgehead atoms. The molecule has 0 radical (unpaired) electrons. The molecule has 7 nitrogen and oxygen atoms in total. The second kappa shape index (κ2) is 6.01. The van der Waals surface area contributed by atoms with Crippen LogP contribution in [0.4, 0.5) is 5.13 Å². The highest BCUT2D eigenvalue weighted by atomic mass is 32.2. The first-order valence-electron chi connectivity index (χ1n) is 6.57. The molecule has 9 heteroatoms. The molecule has 22 heavy (non-hydrogen) atoms. The average molecular weight is 334 g/mol. The van der Waals surface area contributed by atoms with E-state index in [0.717, 1.165) is 17.1 Å². The maximum Gasteiger partial charge on any atom is 0.256 e. The van der Waals surface area contributed by atoms with Crippen LogP contribution in [0.25, 0.3) is 5.78 Å². The summed E-state index contributed by atoms with van der Waals surface area (Å²) in [7, 11) is 0. The second-order valence-electron chi connectivity index (χ2n) is 4.79. The molecule has 3 aromatic heterocycles. The van der Waals surface area contributed by atoms with Gasteiger partial charge in [-0.2, -0.15) is 0 Å². The number of aryl methyl sites for hydroxylation is 3. The van der Waals surface area contributed by atoms with Crippen molar-refractivity contribution in [2.24, 2.45) is 0 Å². The summed E-state index contributed by atoms with van der Waals surface area (Å²) in [6, 6.07) is 1.96. The fourth-order valence-electron chi connectivity index (χ4n) is 1.99. The van der Waals surface area contributed by atoms with E-state index in [0.29, 0.717) is 16.1 Å². The van der Waals surface area contributed by atoms with Gasteiger partial charge in [-0.15, -0.1) is 21.5 Å². The van der Waals surface area contributed by atoms with E-state index in [1.54, 1.807) is 0 Å². The Labute approximate surface area is 135 Å². The summed E-state index contributed by atoms with van der Waals surface area (Å²) in [5.41, 5.74) is 2.78. The topological polar surface area (TPSA) is 85.1 Å². The van der Waals surface area contributed by atoms with Gasteiger partial charge < -0.3 is 5.32 Å². The lowest BCUT2D eigenvalue weighted by Gasteiger charge is -2.04. The van der Waals surface area contributed by atoms with Gasteiger partial charge >= 0.3 is 0 Å². The van der Waals surface area contributed by atoms with Gasteiger partial charge in [0.1, 0.15) is 0 Å². The molecule has 0 aliphatic rings. The molecular weight excluding hydrogens is 320 g/mol. The maximum atomic E-state index is 12.0. The van der Waals surface area contributed by atoms with Crippen molar-refractivity contribution in [3.8, 4) is 0 Å². The first-order valence-corrected chi connectivity index (χ1v) is 8.43. The van der Waals surface area contributed by atoms with Crippen molar-refractivity contribution in [2.45, 2.75) is 25.9 Å². The van der Waals surface area contributed by atoms with Crippen LogP contribution in [0.3, 0.4) is 0 Å². The third-order valence-corrected chi connectivity index (χ3v) is 4.67. The minimum Gasteiger partial charge on any atom is -0.301 e. The SMILES string of the molecule is Cc1csc(NC(=O)CSc2nnc3nc(C)cc(C)n23)n1. The Morgan fingerprint density at radius 1 is 1.27 bits per heavy atom. The van der Waals surface area contributed by atoms with E-state index < -0.39 is 0 Å². The minimum absolute atomic E-state index is 0.117. The number of anilines is 1. The van der Waals surface area contributed by atoms with Gasteiger partial charge in [-0.1, -0.05) is 11.8 Å². The molecule has 0 unspecified atom stereocenters. The number of aromatic nitrogens is 5. The third kappa shape index (κ3) is 3.09. The van der Waals surface area contributed by atoms with Crippen molar-refractivity contribution >= 4 is 39.9 Å². The number of amides is 1. The van der Waals surface area contributed by atoms with Gasteiger partial charge in [0.05, 0.1) is 11.4 Å². The lowest BCUT2D eigenvalue weighted by atomic mass is 10.3. The second-order valence-corrected chi connectivity index (χ2v) is 6.59. The number of hydrogen-bond acceptors (Lipinski definition) is 7. The van der Waals surface area contributed by atoms with Crippen molar-refractivity contribution in [3.05, 3.63) is 28.5 Å². The molecule has 0 saturated heterocycles. The van der Waals surface area contributed by atoms with Crippen LogP contribution in [0, 0.1) is 20.8 Å². The molecule has 1 amide bonds. The van der Waals surface area contributed by atoms with Crippen LogP contribution < -0.4 is 5.32 Å². The summed E-state index contributed by atoms with van der Waals surface area (Å²) in [5, 5.41) is 14.1. The lowest BCUT2D eigenvalue weighted by molar-refractivity contribution is -0.113. The maximum absolute atomic E-state index is 12.0. The van der Waals surface area contributed by atoms with Crippen molar-refractivity contribution in [2.75, 3.05) is 11.1 Å². The van der Waals surface area contributed by atoms with Crippen molar-refractivity contribution in [3.63, 3.8) is 0 Å². The molecule has 3 rings (SSSR count). The quantitative estimate of drug-likeness (QED) is 0.737. The Hall–Kier alpha value is -2.00. The summed E-state index contributed by atoms with van der Waals surface area (Å²) in [6.07, 6.45) is 0. The number of rotatable bonds is 4. The molecule has 0 saturated carbocycles. The largest absolute Gasteiger partial charge is 0.301 e. The van der Waals surface area contributed by atoms with Crippen molar-refractivity contribution in [1.82, 2.24) is 24.6 Å². The lowest BCUT2D eigenvalue weighted by Crippen LogP contribution is -2.14. The number of nitrogens with zero attached hydrogens (tertiary/aromatic N) is 5. The molecular formula is C13H14N6OS2. The van der Waals surface area contributed by atoms with Crippen LogP contribution in [0.5, 0.6) is 0 Å². The summed E-state index contributed by atoms with van der Waals surface area (Å²) in [5.74, 6) is 0.678. The Balaban J connectivity index is 1.70. The third-order valence-electron chi connectivity index (χ3n) is 2.86. The van der Waals surface area contributed by atoms with Crippen molar-refractivity contribution in [1.29, 1.82) is 0 Å². The van der Waals surface area contributed by atoms with Gasteiger partial charge in [-0.3, -0.25) is 9.20 Å². The van der Waals surface area contributed by atoms with E-state index >= 15 is 0 Å². The Bertz CT molecular complexity index is 840. The molecule has 0 aliphatic heterocycles. The molecule has 0 aliphatic carbocycles. The summed E-state index contributed by atoms with van der Waals surface area (Å²) >= 11 is 2.74. The predicted octanol–water partition coefficient (Wildman–Crippen LogP) is 2.24. The monoisotopic (exact) mass is 334 g/mol. The molecule has 3 heterocycles. The number of hydrogen-bond donors (Lipinski definition) is 1. The van der Waals surface area contributed by atoms with Crippen LogP contribution in [0.1, 0.15) is 17.1 Å². The van der Waals surface area contributed by atoms with Crippen LogP contribution >= 0.6 is 23.1 Å². The van der Waals surface area contributed by atoms with E-state index in [2.05, 4.69) is 25.5 Å². The molecule has 0 atom stereocenters. The van der Waals surface area contributed by atoms with Gasteiger partial charge in [0, 0.05) is 16.8 Å². The molecule has 1 N–H and O–H groups in total. The fraction of sp³-hybridized carbons (Fsp3) is 0.308. The molecule has 0 fully saturated rings. The normalized spacial score (nSPS) is 11.0. The highest BCUT2D eigenvalue weighted by Gasteiger charge is 2.13. The zero-order chi connectivity index (χ0) is 15.7. The van der Waals surface area contributed by atoms with E-state index in [9.17, 15) is 4.79 Å². The van der Waals surface area contributed by atoms with Gasteiger partial charge in [-0.05, 0) is 26.8 Å². The van der Waals surface area contributed by atoms with Crippen LogP contribution in [0.15, 0.2) is 16.6 Å². The summed E-state index contributed by atoms with van der Waals surface area (Å²) < 4.78 is 1.85. The smallest absolute Gasteiger partial charge is 0.256 e. The molecule has 0 spiro atoms. The first kappa shape index (κ1) is 14.9. The van der Waals surface area contributed by atoms with Gasteiger partial charge in [0.2, 0.25) is 5.91 Å². The van der Waals surface area contributed by atoms with Gasteiger partial charge in [0.25, 0.3) is 5.78 Å². The van der Waals surface area contributed by atoms with Crippen LogP contribution in [-0.4, -0.2) is 36.2 Å². The number of carbonyl (C=O) groups is 1. The number of carbonyl (C=O) groups excluding carboxylic acids is 1. The number of thioether (sulfide) groups is 1. The zero-order valence-electron chi connectivity index (χ0n) is 12.3. The number of nitrogens with one attached hydrogen (secondary N) is 1. The Kier molecular flexibility index (Phi) is 4.08. The Morgan fingerprint density at radius 3 is 2.82 bits per heavy atom. The summed E-state index contributed by atoms with van der Waals surface area (Å²) in [6.45, 7) is 5.77. The highest BCUT2D eigenvalue weighted by molar-refractivity contribution is 7.99. The van der Waals surface area contributed by atoms with E-state index in [1.807, 2.05) is 36.6 Å². The standard InChI is InChI=1S/C13H14N6OS2/c1-7-4-9(3)19-11(14-7)17-18-13(19)22-6-10(20)16-12-15-8(2)5-21-12/h4-5H,6H2,1-3H3,(H,15,16,20). The van der Waals surface area contributed by atoms with E-state index in [4.69, 9.17) is 0 Å². The van der Waals surface area contributed by atoms with Gasteiger partial charge in [-0.25, -0.2) is 9.97 Å². The predicted molar refractivity (Wildman–Crippen MR) is 86.5 cm³/mol. The molecule has 0 aromatic carbocycles. The number of fused-ring (bicyclic) bond motifs is 1. The van der Waals surface area contributed by atoms with E-state index in [-0.39, 0.29) is 11.7 Å². The molecule has 114 valence electrons. The zero-order valence-corrected chi connectivity index (χ0v) is 14.0. The fourth-order valence-corrected chi connectivity index (χ4v) is 3.48. The Morgan fingerprint density at radius 2 is 2.09 bits per heavy atom. The van der Waals surface area contributed by atoms with Crippen LogP contribution in [0.2, 0.25) is 0 Å². The van der Waals surface area contributed by atoms with Crippen LogP contribution in [-0.2, 0) is 4.79 Å². The summed E-state index contributed by atoms with van der Waals surface area (Å²) in [4.78, 5) is 20.5. The first-order chi connectivity index (χ1) is 10.5. The number of thiazole rings is 1. The van der Waals surface area contributed by atoms with E-state index in [1.165, 1.54) is 23.1 Å². The van der Waals surface area contributed by atoms with Gasteiger partial charge in [0.15, 0.2) is 10.3 Å². The highest BCUT2D eigenvalue weighted by Crippen LogP contribution is 2.20.